The van der Waals surface area contributed by atoms with Crippen molar-refractivity contribution in [3.05, 3.63) is 62.5 Å². The molecule has 1 aromatic carbocycles. The molecule has 0 fully saturated rings. The second kappa shape index (κ2) is 10.6. The fourth-order valence-electron chi connectivity index (χ4n) is 4.06. The van der Waals surface area contributed by atoms with Crippen molar-refractivity contribution in [1.29, 1.82) is 0 Å². The Bertz CT molecular complexity index is 775. The van der Waals surface area contributed by atoms with Crippen molar-refractivity contribution < 1.29 is 50.5 Å². The summed E-state index contributed by atoms with van der Waals surface area (Å²) in [5.41, 5.74) is 4.56. The summed E-state index contributed by atoms with van der Waals surface area (Å²) in [6.45, 7) is 11.4. The summed E-state index contributed by atoms with van der Waals surface area (Å²) in [6.07, 6.45) is 12.1. The van der Waals surface area contributed by atoms with Gasteiger partial charge in [-0.1, -0.05) is 0 Å². The van der Waals surface area contributed by atoms with Crippen molar-refractivity contribution in [3.8, 4) is 0 Å². The van der Waals surface area contributed by atoms with Crippen molar-refractivity contribution in [2.24, 2.45) is 0 Å². The molecule has 5 heteroatoms. The van der Waals surface area contributed by atoms with Crippen LogP contribution in [0.25, 0.3) is 6.08 Å². The first-order chi connectivity index (χ1) is 11.9. The molecule has 3 rings (SSSR count). The minimum absolute atomic E-state index is 0. The minimum Gasteiger partial charge on any atom is -1.00 e. The largest absolute Gasteiger partial charge is 1.00 e. The number of benzene rings is 1. The van der Waals surface area contributed by atoms with Crippen LogP contribution in [-0.2, 0) is 25.7 Å². The maximum Gasteiger partial charge on any atom is -1.00 e. The average Bonchev–Trinajstić information content (AvgIpc) is 3.15. The quantitative estimate of drug-likeness (QED) is 0.502. The molecule has 2 aliphatic carbocycles. The summed E-state index contributed by atoms with van der Waals surface area (Å²) in [4.78, 5) is 0. The Morgan fingerprint density at radius 2 is 1.89 bits per heavy atom. The van der Waals surface area contributed by atoms with Gasteiger partial charge in [0.15, 0.2) is 0 Å². The van der Waals surface area contributed by atoms with E-state index < -0.39 is 29.6 Å². The van der Waals surface area contributed by atoms with E-state index in [2.05, 4.69) is 85.8 Å². The van der Waals surface area contributed by atoms with Gasteiger partial charge in [0.2, 0.25) is 0 Å². The standard InChI is InChI=1S/C11H19OSi.C9H7.C2H4.2ClH.Zr/c1-10(12-13(2,3)4)9-11-7-5-6-8-11;1-2-5-9-7-3-6-8(9)4-1;1-2;;;/h5,7,10H,6,9H2,1-4H3;1-7H;1H,2H3;2*1H;/q;;;;;+2/p-2. The summed E-state index contributed by atoms with van der Waals surface area (Å²) in [5, 5.41) is 0. The molecule has 1 aromatic rings. The third kappa shape index (κ3) is 6.21. The third-order valence-electron chi connectivity index (χ3n) is 4.88. The van der Waals surface area contributed by atoms with Gasteiger partial charge in [-0.05, 0) is 0 Å². The molecule has 0 amide bonds. The van der Waals surface area contributed by atoms with E-state index >= 15 is 0 Å². The molecular formula is C22H30Cl2OSiZr. The normalized spacial score (nSPS) is 18.9. The van der Waals surface area contributed by atoms with Crippen LogP contribution in [0.4, 0.5) is 0 Å². The molecule has 0 radical (unpaired) electrons. The first-order valence-corrected chi connectivity index (χ1v) is 16.9. The van der Waals surface area contributed by atoms with Gasteiger partial charge in [-0.2, -0.15) is 0 Å². The molecule has 0 aliphatic heterocycles. The van der Waals surface area contributed by atoms with Crippen LogP contribution in [0.5, 0.6) is 0 Å². The summed E-state index contributed by atoms with van der Waals surface area (Å²) in [7, 11) is -1.47. The first-order valence-electron chi connectivity index (χ1n) is 9.39. The van der Waals surface area contributed by atoms with Crippen LogP contribution in [0.15, 0.2) is 51.3 Å². The van der Waals surface area contributed by atoms with E-state index in [4.69, 9.17) is 4.43 Å². The van der Waals surface area contributed by atoms with Gasteiger partial charge in [0.25, 0.3) is 0 Å². The average molecular weight is 501 g/mol. The van der Waals surface area contributed by atoms with E-state index in [0.717, 1.165) is 6.42 Å². The molecular weight excluding hydrogens is 470 g/mol. The summed E-state index contributed by atoms with van der Waals surface area (Å²) >= 11 is -1.85. The smallest absolute Gasteiger partial charge is 1.00 e. The zero-order valence-corrected chi connectivity index (χ0v) is 21.9. The fraction of sp³-hybridized carbons (Fsp3) is 0.409. The van der Waals surface area contributed by atoms with E-state index in [9.17, 15) is 0 Å². The van der Waals surface area contributed by atoms with Gasteiger partial charge in [0.1, 0.15) is 0 Å². The van der Waals surface area contributed by atoms with Crippen molar-refractivity contribution in [1.82, 2.24) is 0 Å². The molecule has 0 saturated heterocycles. The number of hydrogen-bond donors (Lipinski definition) is 0. The van der Waals surface area contributed by atoms with Crippen LogP contribution in [-0.4, -0.2) is 18.1 Å². The maximum absolute atomic E-state index is 6.31. The monoisotopic (exact) mass is 498 g/mol. The molecule has 2 unspecified atom stereocenters. The van der Waals surface area contributed by atoms with Crippen LogP contribution in [0.3, 0.4) is 0 Å². The summed E-state index contributed by atoms with van der Waals surface area (Å²) < 4.78 is 11.3. The van der Waals surface area contributed by atoms with Gasteiger partial charge >= 0.3 is 162 Å². The van der Waals surface area contributed by atoms with Crippen LogP contribution < -0.4 is 24.8 Å². The van der Waals surface area contributed by atoms with Gasteiger partial charge in [-0.3, -0.25) is 0 Å². The van der Waals surface area contributed by atoms with Crippen LogP contribution in [0, 0.1) is 0 Å². The van der Waals surface area contributed by atoms with Crippen LogP contribution in [0.2, 0.25) is 19.6 Å². The van der Waals surface area contributed by atoms with Gasteiger partial charge in [0.05, 0.1) is 0 Å². The molecule has 0 N–H and O–H groups in total. The van der Waals surface area contributed by atoms with Gasteiger partial charge < -0.3 is 24.8 Å². The Balaban J connectivity index is 0.00000182. The SMILES string of the molecule is C[CH]=[Zr+2]([C]1=C(CC(C)O[Si](C)(C)C)C=CC1)[CH]1C=Cc2ccccc21.[Cl-].[Cl-]. The fourth-order valence-corrected chi connectivity index (χ4v) is 12.5. The van der Waals surface area contributed by atoms with Crippen molar-refractivity contribution in [2.75, 3.05) is 0 Å². The second-order valence-corrected chi connectivity index (χ2v) is 19.2. The molecule has 1 nitrogen and oxygen atoms in total. The van der Waals surface area contributed by atoms with Gasteiger partial charge in [0, 0.05) is 0 Å². The number of fused-ring (bicyclic) bond motifs is 1. The van der Waals surface area contributed by atoms with Gasteiger partial charge in [-0.25, -0.2) is 0 Å². The van der Waals surface area contributed by atoms with E-state index in [0.29, 0.717) is 9.73 Å². The topological polar surface area (TPSA) is 9.23 Å². The zero-order valence-electron chi connectivity index (χ0n) is 16.9. The maximum atomic E-state index is 6.31. The molecule has 2 aliphatic rings. The Morgan fingerprint density at radius 3 is 2.56 bits per heavy atom. The van der Waals surface area contributed by atoms with Crippen LogP contribution in [0.1, 0.15) is 41.4 Å². The number of allylic oxidation sites excluding steroid dienone is 4. The van der Waals surface area contributed by atoms with E-state index in [1.54, 1.807) is 14.4 Å². The number of hydrogen-bond acceptors (Lipinski definition) is 1. The van der Waals surface area contributed by atoms with Crippen LogP contribution >= 0.6 is 0 Å². The van der Waals surface area contributed by atoms with Gasteiger partial charge in [-0.15, -0.1) is 0 Å². The number of rotatable bonds is 6. The van der Waals surface area contributed by atoms with E-state index in [-0.39, 0.29) is 24.8 Å². The van der Waals surface area contributed by atoms with Crippen molar-refractivity contribution in [2.45, 2.75) is 56.1 Å². The van der Waals surface area contributed by atoms with Crippen molar-refractivity contribution >= 4 is 18.1 Å². The minimum atomic E-state index is -1.85. The Labute approximate surface area is 186 Å². The molecule has 0 aromatic heterocycles. The molecule has 2 atom stereocenters. The Hall–Kier alpha value is -0.0500. The predicted octanol–water partition coefficient (Wildman–Crippen LogP) is 0.0469. The summed E-state index contributed by atoms with van der Waals surface area (Å²) in [6, 6.07) is 8.95. The Kier molecular flexibility index (Phi) is 9.85. The molecule has 27 heavy (non-hydrogen) atoms. The predicted molar refractivity (Wildman–Crippen MR) is 109 cm³/mol. The molecule has 0 bridgehead atoms. The van der Waals surface area contributed by atoms with Crippen molar-refractivity contribution in [3.63, 3.8) is 0 Å². The third-order valence-corrected chi connectivity index (χ3v) is 13.4. The number of halogens is 2. The van der Waals surface area contributed by atoms with E-state index in [1.807, 2.05) is 0 Å². The summed E-state index contributed by atoms with van der Waals surface area (Å²) in [5.74, 6) is 0. The molecule has 0 heterocycles. The Morgan fingerprint density at radius 1 is 1.19 bits per heavy atom. The first kappa shape index (κ1) is 25.0. The molecule has 146 valence electrons. The second-order valence-electron chi connectivity index (χ2n) is 8.06. The zero-order chi connectivity index (χ0) is 18.0. The molecule has 0 spiro atoms. The van der Waals surface area contributed by atoms with E-state index in [1.165, 1.54) is 12.0 Å². The molecule has 0 saturated carbocycles.